The molecule has 1 atom stereocenters. The molecule has 0 fully saturated rings. The van der Waals surface area contributed by atoms with Crippen LogP contribution in [0.25, 0.3) is 0 Å². The minimum Gasteiger partial charge on any atom is -0.480 e. The highest BCUT2D eigenvalue weighted by atomic mass is 35.5. The molecule has 0 unspecified atom stereocenters. The second-order valence-corrected chi connectivity index (χ2v) is 9.66. The number of aromatic nitrogens is 3. The van der Waals surface area contributed by atoms with Crippen molar-refractivity contribution in [3.63, 3.8) is 0 Å². The highest BCUT2D eigenvalue weighted by Gasteiger charge is 2.30. The van der Waals surface area contributed by atoms with Crippen molar-refractivity contribution in [1.82, 2.24) is 14.5 Å². The number of Topliss-reactive ketones (excluding diaryl/α,β-unsaturated/α-hetero) is 1. The standard InChI is InChI=1S/C21H19ClF2N4O4S.C2H6/c1-11(29)20-16-6-3-12(9-28(16)10-26-20)18-14(23)4-5-15(19(18)24)27-33(30,31)17-7-13(22)8-25-21(17)32-2;1-2/h4-5,7-8,10,12,27H,3,6,9H2,1-2H3;1-2H3/t12-;/m0./s1. The molecule has 0 aliphatic carbocycles. The van der Waals surface area contributed by atoms with E-state index in [0.29, 0.717) is 18.5 Å². The molecule has 0 amide bonds. The highest BCUT2D eigenvalue weighted by Crippen LogP contribution is 2.36. The molecule has 8 nitrogen and oxygen atoms in total. The molecule has 0 saturated carbocycles. The molecule has 1 aliphatic rings. The van der Waals surface area contributed by atoms with Crippen LogP contribution in [0.2, 0.25) is 5.02 Å². The van der Waals surface area contributed by atoms with Gasteiger partial charge in [-0.2, -0.15) is 0 Å². The number of hydrogen-bond acceptors (Lipinski definition) is 6. The Morgan fingerprint density at radius 2 is 1.97 bits per heavy atom. The van der Waals surface area contributed by atoms with Crippen molar-refractivity contribution in [3.05, 3.63) is 64.3 Å². The van der Waals surface area contributed by atoms with Crippen molar-refractivity contribution in [2.24, 2.45) is 0 Å². The lowest BCUT2D eigenvalue weighted by atomic mass is 9.89. The number of carbonyl (C=O) groups is 1. The van der Waals surface area contributed by atoms with E-state index in [2.05, 4.69) is 14.7 Å². The molecule has 4 rings (SSSR count). The molecule has 1 aliphatic heterocycles. The van der Waals surface area contributed by atoms with Gasteiger partial charge in [0, 0.05) is 36.8 Å². The van der Waals surface area contributed by atoms with Crippen LogP contribution in [0, 0.1) is 11.6 Å². The van der Waals surface area contributed by atoms with Crippen molar-refractivity contribution in [1.29, 1.82) is 0 Å². The number of nitrogens with zero attached hydrogens (tertiary/aromatic N) is 3. The molecule has 0 bridgehead atoms. The summed E-state index contributed by atoms with van der Waals surface area (Å²) in [6.45, 7) is 5.61. The van der Waals surface area contributed by atoms with Gasteiger partial charge in [0.25, 0.3) is 10.0 Å². The highest BCUT2D eigenvalue weighted by molar-refractivity contribution is 7.92. The molecule has 35 heavy (non-hydrogen) atoms. The fraction of sp³-hybridized carbons (Fsp3) is 0.348. The van der Waals surface area contributed by atoms with Crippen LogP contribution in [-0.2, 0) is 23.0 Å². The lowest BCUT2D eigenvalue weighted by molar-refractivity contribution is 0.101. The van der Waals surface area contributed by atoms with E-state index >= 15 is 4.39 Å². The van der Waals surface area contributed by atoms with Gasteiger partial charge in [-0.05, 0) is 31.0 Å². The summed E-state index contributed by atoms with van der Waals surface area (Å²) in [6, 6.07) is 3.13. The van der Waals surface area contributed by atoms with Crippen LogP contribution in [0.3, 0.4) is 0 Å². The van der Waals surface area contributed by atoms with E-state index in [4.69, 9.17) is 16.3 Å². The lowest BCUT2D eigenvalue weighted by Crippen LogP contribution is -2.22. The van der Waals surface area contributed by atoms with E-state index in [1.807, 2.05) is 13.8 Å². The topological polar surface area (TPSA) is 103 Å². The normalized spacial score (nSPS) is 15.0. The number of sulfonamides is 1. The molecule has 188 valence electrons. The van der Waals surface area contributed by atoms with E-state index in [1.165, 1.54) is 26.6 Å². The van der Waals surface area contributed by atoms with Crippen LogP contribution in [0.5, 0.6) is 5.88 Å². The van der Waals surface area contributed by atoms with Gasteiger partial charge in [-0.15, -0.1) is 0 Å². The second-order valence-electron chi connectivity index (χ2n) is 7.57. The average Bonchev–Trinajstić information content (AvgIpc) is 3.26. The smallest absolute Gasteiger partial charge is 0.267 e. The van der Waals surface area contributed by atoms with Gasteiger partial charge < -0.3 is 9.30 Å². The number of imidazole rings is 1. The van der Waals surface area contributed by atoms with Crippen LogP contribution in [0.4, 0.5) is 14.5 Å². The van der Waals surface area contributed by atoms with Crippen molar-refractivity contribution in [3.8, 4) is 5.88 Å². The summed E-state index contributed by atoms with van der Waals surface area (Å²) < 4.78 is 64.7. The summed E-state index contributed by atoms with van der Waals surface area (Å²) in [5.74, 6) is -2.80. The maximum Gasteiger partial charge on any atom is 0.267 e. The van der Waals surface area contributed by atoms with Crippen LogP contribution < -0.4 is 9.46 Å². The van der Waals surface area contributed by atoms with E-state index in [9.17, 15) is 17.6 Å². The monoisotopic (exact) mass is 526 g/mol. The van der Waals surface area contributed by atoms with Crippen LogP contribution in [0.15, 0.2) is 35.6 Å². The minimum absolute atomic E-state index is 0.0414. The number of methoxy groups -OCH3 is 1. The zero-order valence-corrected chi connectivity index (χ0v) is 21.2. The zero-order valence-electron chi connectivity index (χ0n) is 19.6. The Morgan fingerprint density at radius 1 is 1.26 bits per heavy atom. The Labute approximate surface area is 207 Å². The number of carbonyl (C=O) groups excluding carboxylic acids is 1. The van der Waals surface area contributed by atoms with Gasteiger partial charge in [-0.25, -0.2) is 27.2 Å². The van der Waals surface area contributed by atoms with Crippen molar-refractivity contribution < 1.29 is 26.7 Å². The van der Waals surface area contributed by atoms with Crippen molar-refractivity contribution in [2.45, 2.75) is 51.0 Å². The molecule has 1 aromatic carbocycles. The molecule has 3 heterocycles. The first-order chi connectivity index (χ1) is 16.6. The molecule has 0 spiro atoms. The molecule has 12 heteroatoms. The molecule has 0 saturated heterocycles. The fourth-order valence-electron chi connectivity index (χ4n) is 3.97. The maximum absolute atomic E-state index is 15.4. The quantitative estimate of drug-likeness (QED) is 0.454. The fourth-order valence-corrected chi connectivity index (χ4v) is 5.40. The first-order valence-corrected chi connectivity index (χ1v) is 12.7. The molecule has 3 aromatic rings. The summed E-state index contributed by atoms with van der Waals surface area (Å²) in [6.07, 6.45) is 3.45. The predicted octanol–water partition coefficient (Wildman–Crippen LogP) is 4.98. The third-order valence-electron chi connectivity index (χ3n) is 5.47. The van der Waals surface area contributed by atoms with Crippen molar-refractivity contribution >= 4 is 33.1 Å². The first kappa shape index (κ1) is 26.6. The number of hydrogen-bond donors (Lipinski definition) is 1. The number of fused-ring (bicyclic) bond motifs is 1. The Kier molecular flexibility index (Phi) is 8.11. The zero-order chi connectivity index (χ0) is 25.9. The Morgan fingerprint density at radius 3 is 2.63 bits per heavy atom. The van der Waals surface area contributed by atoms with E-state index in [0.717, 1.165) is 23.9 Å². The number of halogens is 3. The number of ether oxygens (including phenoxy) is 1. The van der Waals surface area contributed by atoms with Gasteiger partial charge in [0.1, 0.15) is 11.5 Å². The Hall–Kier alpha value is -3.05. The van der Waals surface area contributed by atoms with Gasteiger partial charge >= 0.3 is 0 Å². The summed E-state index contributed by atoms with van der Waals surface area (Å²) in [5.41, 5.74) is 0.404. The number of benzene rings is 1. The number of pyridine rings is 1. The minimum atomic E-state index is -4.35. The molecule has 1 N–H and O–H groups in total. The van der Waals surface area contributed by atoms with E-state index in [1.54, 1.807) is 4.57 Å². The van der Waals surface area contributed by atoms with Crippen LogP contribution in [0.1, 0.15) is 54.9 Å². The predicted molar refractivity (Wildman–Crippen MR) is 128 cm³/mol. The third kappa shape index (κ3) is 5.30. The third-order valence-corrected chi connectivity index (χ3v) is 7.04. The Bertz CT molecular complexity index is 1360. The number of anilines is 1. The van der Waals surface area contributed by atoms with Gasteiger partial charge in [-0.3, -0.25) is 9.52 Å². The van der Waals surface area contributed by atoms with Gasteiger partial charge in [0.2, 0.25) is 5.88 Å². The Balaban J connectivity index is 0.00000167. The van der Waals surface area contributed by atoms with E-state index < -0.39 is 33.3 Å². The van der Waals surface area contributed by atoms with Gasteiger partial charge in [0.05, 0.1) is 24.1 Å². The van der Waals surface area contributed by atoms with Gasteiger partial charge in [0.15, 0.2) is 16.5 Å². The number of rotatable bonds is 6. The first-order valence-electron chi connectivity index (χ1n) is 10.9. The summed E-state index contributed by atoms with van der Waals surface area (Å²) in [5, 5.41) is 0.0414. The SMILES string of the molecule is CC.COc1ncc(Cl)cc1S(=O)(=O)Nc1ccc(F)c([C@H]2CCc3c(C(C)=O)ncn3C2)c1F. The number of ketones is 1. The molecule has 2 aromatic heterocycles. The number of nitrogens with one attached hydrogen (secondary N) is 1. The molecule has 0 radical (unpaired) electrons. The summed E-state index contributed by atoms with van der Waals surface area (Å²) in [4.78, 5) is 19.2. The lowest BCUT2D eigenvalue weighted by Gasteiger charge is -2.26. The van der Waals surface area contributed by atoms with Gasteiger partial charge in [-0.1, -0.05) is 25.4 Å². The van der Waals surface area contributed by atoms with Crippen LogP contribution >= 0.6 is 11.6 Å². The van der Waals surface area contributed by atoms with Crippen molar-refractivity contribution in [2.75, 3.05) is 11.8 Å². The maximum atomic E-state index is 15.4. The average molecular weight is 527 g/mol. The largest absolute Gasteiger partial charge is 0.480 e. The summed E-state index contributed by atoms with van der Waals surface area (Å²) >= 11 is 5.86. The second kappa shape index (κ2) is 10.7. The molecular weight excluding hydrogens is 502 g/mol. The van der Waals surface area contributed by atoms with Crippen LogP contribution in [-0.4, -0.2) is 35.8 Å². The van der Waals surface area contributed by atoms with E-state index in [-0.39, 0.29) is 33.7 Å². The molecular formula is C23H25ClF2N4O4S. The summed E-state index contributed by atoms with van der Waals surface area (Å²) in [7, 11) is -3.12.